The number of rotatable bonds is 9. The Morgan fingerprint density at radius 2 is 1.77 bits per heavy atom. The number of unbranched alkanes of at least 4 members (excludes halogenated alkanes) is 2. The Balaban J connectivity index is 1.86. The van der Waals surface area contributed by atoms with Crippen molar-refractivity contribution in [3.05, 3.63) is 75.4 Å². The summed E-state index contributed by atoms with van der Waals surface area (Å²) in [5, 5.41) is 8.22. The van der Waals surface area contributed by atoms with E-state index >= 15 is 0 Å². The van der Waals surface area contributed by atoms with Crippen LogP contribution in [-0.2, 0) is 10.2 Å². The number of amides is 2. The molecule has 0 bridgehead atoms. The summed E-state index contributed by atoms with van der Waals surface area (Å²) in [6.45, 7) is 8.74. The quantitative estimate of drug-likeness (QED) is 0.291. The second kappa shape index (κ2) is 11.9. The van der Waals surface area contributed by atoms with Crippen LogP contribution in [0.15, 0.2) is 59.1 Å². The van der Waals surface area contributed by atoms with E-state index in [0.29, 0.717) is 28.6 Å². The van der Waals surface area contributed by atoms with Crippen molar-refractivity contribution in [1.29, 1.82) is 0 Å². The summed E-state index contributed by atoms with van der Waals surface area (Å²) in [5.74, 6) is 0.0528. The number of carbonyl (C=O) groups is 2. The Bertz CT molecular complexity index is 1170. The minimum absolute atomic E-state index is 0.0584. The van der Waals surface area contributed by atoms with Crippen LogP contribution >= 0.6 is 27.5 Å². The molecular formula is C27H32BrClN4O2. The number of para-hydroxylation sites is 1. The first-order valence-corrected chi connectivity index (χ1v) is 13.0. The van der Waals surface area contributed by atoms with Crippen molar-refractivity contribution >= 4 is 45.2 Å². The maximum absolute atomic E-state index is 13.2. The van der Waals surface area contributed by atoms with Gasteiger partial charge in [0.25, 0.3) is 5.91 Å². The minimum Gasteiger partial charge on any atom is -0.329 e. The van der Waals surface area contributed by atoms with Gasteiger partial charge in [0.2, 0.25) is 5.91 Å². The van der Waals surface area contributed by atoms with Crippen molar-refractivity contribution in [2.75, 3.05) is 18.4 Å². The first-order chi connectivity index (χ1) is 16.6. The zero-order valence-corrected chi connectivity index (χ0v) is 23.0. The maximum atomic E-state index is 13.2. The molecule has 1 heterocycles. The van der Waals surface area contributed by atoms with E-state index in [4.69, 9.17) is 16.7 Å². The first-order valence-electron chi connectivity index (χ1n) is 11.8. The highest BCUT2D eigenvalue weighted by Gasteiger charge is 2.24. The molecule has 2 amide bonds. The van der Waals surface area contributed by atoms with Gasteiger partial charge < -0.3 is 10.2 Å². The number of halogens is 2. The predicted molar refractivity (Wildman–Crippen MR) is 145 cm³/mol. The normalized spacial score (nSPS) is 11.4. The lowest BCUT2D eigenvalue weighted by atomic mass is 9.92. The number of hydrogen-bond acceptors (Lipinski definition) is 3. The molecule has 35 heavy (non-hydrogen) atoms. The molecule has 1 N–H and O–H groups in total. The van der Waals surface area contributed by atoms with Crippen LogP contribution in [0.3, 0.4) is 0 Å². The van der Waals surface area contributed by atoms with E-state index in [9.17, 15) is 9.59 Å². The van der Waals surface area contributed by atoms with Crippen LogP contribution in [0.25, 0.3) is 5.69 Å². The molecule has 0 aliphatic carbocycles. The fraction of sp³-hybridized carbons (Fsp3) is 0.370. The average Bonchev–Trinajstić information content (AvgIpc) is 3.23. The second-order valence-corrected chi connectivity index (χ2v) is 10.8. The van der Waals surface area contributed by atoms with Gasteiger partial charge in [0, 0.05) is 28.1 Å². The first kappa shape index (κ1) is 27.0. The van der Waals surface area contributed by atoms with Crippen molar-refractivity contribution < 1.29 is 9.59 Å². The highest BCUT2D eigenvalue weighted by Crippen LogP contribution is 2.29. The third-order valence-corrected chi connectivity index (χ3v) is 6.42. The number of nitrogens with one attached hydrogen (secondary N) is 1. The Morgan fingerprint density at radius 3 is 2.40 bits per heavy atom. The number of anilines is 1. The van der Waals surface area contributed by atoms with Gasteiger partial charge in [0.1, 0.15) is 12.4 Å². The monoisotopic (exact) mass is 558 g/mol. The van der Waals surface area contributed by atoms with Gasteiger partial charge in [-0.15, -0.1) is 0 Å². The molecule has 0 fully saturated rings. The van der Waals surface area contributed by atoms with Gasteiger partial charge >= 0.3 is 0 Å². The van der Waals surface area contributed by atoms with E-state index in [1.165, 1.54) is 0 Å². The fourth-order valence-electron chi connectivity index (χ4n) is 3.58. The summed E-state index contributed by atoms with van der Waals surface area (Å²) in [6, 6.07) is 16.4. The number of benzene rings is 2. The zero-order chi connectivity index (χ0) is 25.6. The Kier molecular flexibility index (Phi) is 9.14. The molecular weight excluding hydrogens is 528 g/mol. The predicted octanol–water partition coefficient (Wildman–Crippen LogP) is 6.86. The fourth-order valence-corrected chi connectivity index (χ4v) is 4.06. The van der Waals surface area contributed by atoms with Gasteiger partial charge in [0.15, 0.2) is 0 Å². The van der Waals surface area contributed by atoms with E-state index in [1.807, 2.05) is 36.4 Å². The number of hydrogen-bond donors (Lipinski definition) is 1. The summed E-state index contributed by atoms with van der Waals surface area (Å²) in [6.07, 6.45) is 2.84. The van der Waals surface area contributed by atoms with E-state index in [2.05, 4.69) is 48.9 Å². The van der Waals surface area contributed by atoms with Gasteiger partial charge in [0.05, 0.1) is 16.4 Å². The van der Waals surface area contributed by atoms with Crippen LogP contribution in [0, 0.1) is 0 Å². The molecule has 0 unspecified atom stereocenters. The number of carbonyl (C=O) groups excluding carboxylic acids is 2. The van der Waals surface area contributed by atoms with Crippen LogP contribution in [0.4, 0.5) is 5.82 Å². The minimum atomic E-state index is -0.291. The largest absolute Gasteiger partial charge is 0.329 e. The summed E-state index contributed by atoms with van der Waals surface area (Å²) in [7, 11) is 0. The molecule has 186 valence electrons. The van der Waals surface area contributed by atoms with Gasteiger partial charge in [-0.05, 0) is 42.8 Å². The third kappa shape index (κ3) is 7.18. The van der Waals surface area contributed by atoms with E-state index in [-0.39, 0.29) is 23.8 Å². The molecule has 8 heteroatoms. The van der Waals surface area contributed by atoms with Gasteiger partial charge in [-0.25, -0.2) is 4.68 Å². The molecule has 6 nitrogen and oxygen atoms in total. The number of nitrogens with zero attached hydrogens (tertiary/aromatic N) is 3. The molecule has 0 saturated heterocycles. The van der Waals surface area contributed by atoms with Crippen molar-refractivity contribution in [3.63, 3.8) is 0 Å². The summed E-state index contributed by atoms with van der Waals surface area (Å²) < 4.78 is 2.55. The standard InChI is InChI=1S/C27H32BrClN4O2/c1-5-6-9-16-32(26(35)19-12-14-20(28)15-13-19)18-25(34)30-24-17-23(27(2,3)4)31-33(24)22-11-8-7-10-21(22)29/h7-8,10-15,17H,5-6,9,16,18H2,1-4H3,(H,30,34). The summed E-state index contributed by atoms with van der Waals surface area (Å²) >= 11 is 9.84. The lowest BCUT2D eigenvalue weighted by molar-refractivity contribution is -0.117. The maximum Gasteiger partial charge on any atom is 0.254 e. The lowest BCUT2D eigenvalue weighted by Gasteiger charge is -2.22. The SMILES string of the molecule is CCCCCN(CC(=O)Nc1cc(C(C)(C)C)nn1-c1ccccc1Cl)C(=O)c1ccc(Br)cc1. The second-order valence-electron chi connectivity index (χ2n) is 9.52. The Labute approximate surface area is 220 Å². The van der Waals surface area contributed by atoms with Crippen LogP contribution in [0.2, 0.25) is 5.02 Å². The van der Waals surface area contributed by atoms with Crippen LogP contribution in [-0.4, -0.2) is 39.6 Å². The molecule has 3 rings (SSSR count). The average molecular weight is 560 g/mol. The van der Waals surface area contributed by atoms with E-state index in [0.717, 1.165) is 29.4 Å². The molecule has 0 aliphatic rings. The molecule has 0 atom stereocenters. The summed E-state index contributed by atoms with van der Waals surface area (Å²) in [4.78, 5) is 28.0. The van der Waals surface area contributed by atoms with E-state index in [1.54, 1.807) is 27.8 Å². The zero-order valence-electron chi connectivity index (χ0n) is 20.6. The smallest absolute Gasteiger partial charge is 0.254 e. The van der Waals surface area contributed by atoms with Gasteiger partial charge in [-0.1, -0.05) is 80.2 Å². The van der Waals surface area contributed by atoms with E-state index < -0.39 is 0 Å². The van der Waals surface area contributed by atoms with Gasteiger partial charge in [-0.2, -0.15) is 5.10 Å². The Hall–Kier alpha value is -2.64. The van der Waals surface area contributed by atoms with Crippen molar-refractivity contribution in [3.8, 4) is 5.69 Å². The molecule has 1 aromatic heterocycles. The van der Waals surface area contributed by atoms with Crippen LogP contribution in [0.5, 0.6) is 0 Å². The lowest BCUT2D eigenvalue weighted by Crippen LogP contribution is -2.39. The van der Waals surface area contributed by atoms with Crippen molar-refractivity contribution in [2.45, 2.75) is 52.4 Å². The van der Waals surface area contributed by atoms with Crippen LogP contribution < -0.4 is 5.32 Å². The molecule has 0 radical (unpaired) electrons. The highest BCUT2D eigenvalue weighted by molar-refractivity contribution is 9.10. The number of aromatic nitrogens is 2. The summed E-state index contributed by atoms with van der Waals surface area (Å²) in [5.41, 5.74) is 1.81. The molecule has 3 aromatic rings. The van der Waals surface area contributed by atoms with Crippen molar-refractivity contribution in [2.24, 2.45) is 0 Å². The molecule has 0 saturated carbocycles. The molecule has 0 aliphatic heterocycles. The van der Waals surface area contributed by atoms with Crippen LogP contribution in [0.1, 0.15) is 63.0 Å². The topological polar surface area (TPSA) is 67.2 Å². The highest BCUT2D eigenvalue weighted by atomic mass is 79.9. The Morgan fingerprint density at radius 1 is 1.09 bits per heavy atom. The third-order valence-electron chi connectivity index (χ3n) is 5.57. The van der Waals surface area contributed by atoms with Crippen molar-refractivity contribution in [1.82, 2.24) is 14.7 Å². The molecule has 0 spiro atoms. The van der Waals surface area contributed by atoms with Gasteiger partial charge in [-0.3, -0.25) is 9.59 Å². The molecule has 2 aromatic carbocycles.